The van der Waals surface area contributed by atoms with Crippen LogP contribution in [0.5, 0.6) is 0 Å². The van der Waals surface area contributed by atoms with Crippen LogP contribution in [-0.4, -0.2) is 37.2 Å². The van der Waals surface area contributed by atoms with Crippen molar-refractivity contribution in [1.82, 2.24) is 0 Å². The highest BCUT2D eigenvalue weighted by Crippen LogP contribution is 2.17. The van der Waals surface area contributed by atoms with Crippen molar-refractivity contribution in [2.45, 2.75) is 322 Å². The minimum absolute atomic E-state index is 0.0715. The zero-order valence-electron chi connectivity index (χ0n) is 48.4. The van der Waals surface area contributed by atoms with Gasteiger partial charge in [-0.05, 0) is 70.6 Å². The summed E-state index contributed by atoms with van der Waals surface area (Å²) in [4.78, 5) is 38.0. The number of unbranched alkanes of at least 4 members (excludes halogenated alkanes) is 34. The number of carbonyl (C=O) groups is 3. The second kappa shape index (κ2) is 61.4. The summed E-state index contributed by atoms with van der Waals surface area (Å²) in [7, 11) is 0. The van der Waals surface area contributed by atoms with Gasteiger partial charge in [-0.1, -0.05) is 299 Å². The van der Waals surface area contributed by atoms with E-state index in [4.69, 9.17) is 14.2 Å². The summed E-state index contributed by atoms with van der Waals surface area (Å²) in [6.45, 7) is 6.50. The van der Waals surface area contributed by atoms with Crippen molar-refractivity contribution in [3.05, 3.63) is 72.9 Å². The number of hydrogen-bond donors (Lipinski definition) is 0. The average Bonchev–Trinajstić information content (AvgIpc) is 3.39. The zero-order valence-corrected chi connectivity index (χ0v) is 48.4. The number of hydrogen-bond acceptors (Lipinski definition) is 6. The van der Waals surface area contributed by atoms with Gasteiger partial charge in [-0.3, -0.25) is 14.4 Å². The third-order valence-electron chi connectivity index (χ3n) is 13.7. The van der Waals surface area contributed by atoms with Crippen LogP contribution in [0.1, 0.15) is 316 Å². The highest BCUT2D eigenvalue weighted by Gasteiger charge is 2.19. The van der Waals surface area contributed by atoms with Crippen LogP contribution in [0, 0.1) is 0 Å². The van der Waals surface area contributed by atoms with Gasteiger partial charge in [0.2, 0.25) is 0 Å². The molecule has 0 heterocycles. The Balaban J connectivity index is 4.04. The Morgan fingerprint density at radius 2 is 0.534 bits per heavy atom. The van der Waals surface area contributed by atoms with E-state index in [1.54, 1.807) is 0 Å². The van der Waals surface area contributed by atoms with Gasteiger partial charge in [-0.2, -0.15) is 0 Å². The number of rotatable bonds is 57. The van der Waals surface area contributed by atoms with Gasteiger partial charge < -0.3 is 14.2 Å². The third kappa shape index (κ3) is 59.6. The van der Waals surface area contributed by atoms with Gasteiger partial charge in [-0.25, -0.2) is 0 Å². The number of carbonyl (C=O) groups excluding carboxylic acids is 3. The monoisotopic (exact) mass is 1020 g/mol. The molecule has 0 amide bonds. The molecule has 1 atom stereocenters. The minimum Gasteiger partial charge on any atom is -0.462 e. The lowest BCUT2D eigenvalue weighted by Crippen LogP contribution is -2.30. The minimum atomic E-state index is -0.770. The summed E-state index contributed by atoms with van der Waals surface area (Å²) in [5.74, 6) is -0.868. The smallest absolute Gasteiger partial charge is 0.306 e. The van der Waals surface area contributed by atoms with Gasteiger partial charge >= 0.3 is 17.9 Å². The van der Waals surface area contributed by atoms with E-state index in [0.717, 1.165) is 96.3 Å². The first-order valence-corrected chi connectivity index (χ1v) is 31.4. The van der Waals surface area contributed by atoms with Crippen LogP contribution < -0.4 is 0 Å². The highest BCUT2D eigenvalue weighted by molar-refractivity contribution is 5.71. The largest absolute Gasteiger partial charge is 0.462 e. The lowest BCUT2D eigenvalue weighted by molar-refractivity contribution is -0.167. The molecule has 0 saturated heterocycles. The summed E-state index contributed by atoms with van der Waals surface area (Å²) >= 11 is 0. The Morgan fingerprint density at radius 1 is 0.288 bits per heavy atom. The molecule has 0 N–H and O–H groups in total. The van der Waals surface area contributed by atoms with Crippen molar-refractivity contribution >= 4 is 17.9 Å². The topological polar surface area (TPSA) is 78.9 Å². The predicted octanol–water partition coefficient (Wildman–Crippen LogP) is 21.3. The molecule has 0 aromatic carbocycles. The van der Waals surface area contributed by atoms with E-state index in [1.807, 2.05) is 0 Å². The Morgan fingerprint density at radius 3 is 0.836 bits per heavy atom. The van der Waals surface area contributed by atoms with E-state index in [-0.39, 0.29) is 31.1 Å². The van der Waals surface area contributed by atoms with Crippen LogP contribution in [0.2, 0.25) is 0 Å². The predicted molar refractivity (Wildman–Crippen MR) is 316 cm³/mol. The molecule has 0 fully saturated rings. The normalized spacial score (nSPS) is 12.5. The lowest BCUT2D eigenvalue weighted by atomic mass is 10.0. The molecule has 6 heteroatoms. The molecule has 0 aliphatic heterocycles. The van der Waals surface area contributed by atoms with E-state index in [2.05, 4.69) is 93.7 Å². The summed E-state index contributed by atoms with van der Waals surface area (Å²) in [5, 5.41) is 0. The lowest BCUT2D eigenvalue weighted by Gasteiger charge is -2.18. The van der Waals surface area contributed by atoms with Crippen LogP contribution in [0.15, 0.2) is 72.9 Å². The first kappa shape index (κ1) is 69.8. The number of allylic oxidation sites excluding steroid dienone is 12. The van der Waals surface area contributed by atoms with Gasteiger partial charge in [0.05, 0.1) is 0 Å². The molecule has 0 spiro atoms. The SMILES string of the molecule is CC/C=C\C/C=C\C/C=C\C/C=C\C/C=C\C/C=C\CCCCCCCCCCCCCCC(=O)OCC(COC(=O)CCCCCCCC)OC(=O)CCCCCCCCCCCCCCCCCCCC. The molecular formula is C67H118O6. The average molecular weight is 1020 g/mol. The van der Waals surface area contributed by atoms with E-state index in [9.17, 15) is 14.4 Å². The van der Waals surface area contributed by atoms with Crippen molar-refractivity contribution in [1.29, 1.82) is 0 Å². The quantitative estimate of drug-likeness (QED) is 0.0261. The molecule has 0 aromatic heterocycles. The maximum Gasteiger partial charge on any atom is 0.306 e. The first-order chi connectivity index (χ1) is 36.0. The fourth-order valence-electron chi connectivity index (χ4n) is 9.04. The molecule has 0 aliphatic rings. The second-order valence-corrected chi connectivity index (χ2v) is 21.0. The molecule has 0 rings (SSSR count). The van der Waals surface area contributed by atoms with Crippen LogP contribution >= 0.6 is 0 Å². The molecule has 0 aliphatic carbocycles. The second-order valence-electron chi connectivity index (χ2n) is 21.0. The summed E-state index contributed by atoms with van der Waals surface area (Å²) in [6.07, 6.45) is 79.4. The number of esters is 3. The Bertz CT molecular complexity index is 1360. The van der Waals surface area contributed by atoms with Gasteiger partial charge in [0.25, 0.3) is 0 Å². The molecule has 6 nitrogen and oxygen atoms in total. The first-order valence-electron chi connectivity index (χ1n) is 31.4. The van der Waals surface area contributed by atoms with Crippen LogP contribution in [0.25, 0.3) is 0 Å². The molecular weight excluding hydrogens is 901 g/mol. The van der Waals surface area contributed by atoms with Crippen molar-refractivity contribution in [2.75, 3.05) is 13.2 Å². The molecule has 73 heavy (non-hydrogen) atoms. The molecule has 0 radical (unpaired) electrons. The van der Waals surface area contributed by atoms with Gasteiger partial charge in [-0.15, -0.1) is 0 Å². The van der Waals surface area contributed by atoms with Gasteiger partial charge in [0.15, 0.2) is 6.10 Å². The Kier molecular flexibility index (Phi) is 58.7. The van der Waals surface area contributed by atoms with E-state index in [1.165, 1.54) is 180 Å². The van der Waals surface area contributed by atoms with Gasteiger partial charge in [0.1, 0.15) is 13.2 Å². The van der Waals surface area contributed by atoms with Crippen LogP contribution in [0.3, 0.4) is 0 Å². The van der Waals surface area contributed by atoms with Crippen LogP contribution in [-0.2, 0) is 28.6 Å². The summed E-state index contributed by atoms with van der Waals surface area (Å²) < 4.78 is 16.8. The van der Waals surface area contributed by atoms with E-state index >= 15 is 0 Å². The van der Waals surface area contributed by atoms with E-state index in [0.29, 0.717) is 19.3 Å². The highest BCUT2D eigenvalue weighted by atomic mass is 16.6. The maximum atomic E-state index is 12.8. The summed E-state index contributed by atoms with van der Waals surface area (Å²) in [5.41, 5.74) is 0. The van der Waals surface area contributed by atoms with E-state index < -0.39 is 6.10 Å². The molecule has 0 bridgehead atoms. The van der Waals surface area contributed by atoms with Gasteiger partial charge in [0, 0.05) is 19.3 Å². The van der Waals surface area contributed by atoms with Crippen LogP contribution in [0.4, 0.5) is 0 Å². The third-order valence-corrected chi connectivity index (χ3v) is 13.7. The Labute approximate surface area is 453 Å². The van der Waals surface area contributed by atoms with Crippen molar-refractivity contribution < 1.29 is 28.6 Å². The van der Waals surface area contributed by atoms with Crippen molar-refractivity contribution in [2.24, 2.45) is 0 Å². The Hall–Kier alpha value is -3.15. The molecule has 0 saturated carbocycles. The summed E-state index contributed by atoms with van der Waals surface area (Å²) in [6, 6.07) is 0. The maximum absolute atomic E-state index is 12.8. The zero-order chi connectivity index (χ0) is 52.9. The van der Waals surface area contributed by atoms with Crippen molar-refractivity contribution in [3.8, 4) is 0 Å². The van der Waals surface area contributed by atoms with Crippen molar-refractivity contribution in [3.63, 3.8) is 0 Å². The fraction of sp³-hybridized carbons (Fsp3) is 0.776. The molecule has 0 aromatic rings. The standard InChI is InChI=1S/C67H118O6/c1-4-7-10-13-16-18-20-22-24-26-28-29-30-31-32-33-34-35-36-37-38-39-40-42-43-45-47-49-51-54-57-60-66(69)72-63-64(62-71-65(68)59-56-53-15-12-9-6-3)73-67(70)61-58-55-52-50-48-46-44-41-27-25-23-21-19-17-14-11-8-5-2/h7,10,16,18,22,24,28-29,31-32,34-35,64H,4-6,8-9,11-15,17,19-21,23,25-27,30,33,36-63H2,1-3H3/b10-7-,18-16-,24-22-,29-28-,32-31-,35-34-. The molecule has 422 valence electrons. The molecule has 1 unspecified atom stereocenters. The fourth-order valence-corrected chi connectivity index (χ4v) is 9.04. The number of ether oxygens (including phenoxy) is 3.